The Morgan fingerprint density at radius 1 is 1.00 bits per heavy atom. The van der Waals surface area contributed by atoms with Crippen LogP contribution in [0.1, 0.15) is 11.1 Å². The van der Waals surface area contributed by atoms with E-state index in [9.17, 15) is 0 Å². The fraction of sp³-hybridized carbons (Fsp3) is 0.286. The normalized spacial score (nSPS) is 15.4. The second-order valence-corrected chi connectivity index (χ2v) is 8.23. The Labute approximate surface area is 175 Å². The summed E-state index contributed by atoms with van der Waals surface area (Å²) >= 11 is 18.1. The quantitative estimate of drug-likeness (QED) is 0.560. The minimum Gasteiger partial charge on any atom is -0.360 e. The maximum atomic E-state index is 6.19. The van der Waals surface area contributed by atoms with Gasteiger partial charge in [0, 0.05) is 55.4 Å². The van der Waals surface area contributed by atoms with Crippen LogP contribution in [0.15, 0.2) is 48.7 Å². The largest absolute Gasteiger partial charge is 0.360 e. The number of thiocarbonyl (C=S) groups is 1. The summed E-state index contributed by atoms with van der Waals surface area (Å²) in [7, 11) is 2.16. The van der Waals surface area contributed by atoms with Crippen LogP contribution in [0.2, 0.25) is 10.0 Å². The fourth-order valence-electron chi connectivity index (χ4n) is 3.56. The molecule has 0 saturated carbocycles. The number of rotatable bonds is 3. The van der Waals surface area contributed by atoms with E-state index in [-0.39, 0.29) is 0 Å². The Balaban J connectivity index is 1.68. The SMILES string of the molecule is CN1CCN(C(=S)c2cn(Cc3ccc(Cl)c(Cl)c3)c3ccccc23)CC1. The maximum Gasteiger partial charge on any atom is 0.111 e. The number of benzene rings is 2. The maximum absolute atomic E-state index is 6.19. The molecule has 140 valence electrons. The van der Waals surface area contributed by atoms with E-state index in [1.54, 1.807) is 0 Å². The van der Waals surface area contributed by atoms with Gasteiger partial charge in [-0.3, -0.25) is 0 Å². The number of piperazine rings is 1. The van der Waals surface area contributed by atoms with Crippen molar-refractivity contribution in [2.45, 2.75) is 6.54 Å². The first-order valence-electron chi connectivity index (χ1n) is 9.02. The molecule has 27 heavy (non-hydrogen) atoms. The predicted octanol–water partition coefficient (Wildman–Crippen LogP) is 4.92. The summed E-state index contributed by atoms with van der Waals surface area (Å²) in [6.07, 6.45) is 2.17. The van der Waals surface area contributed by atoms with Gasteiger partial charge in [0.1, 0.15) is 4.99 Å². The third-order valence-corrected chi connectivity index (χ3v) is 6.36. The molecule has 1 aromatic heterocycles. The van der Waals surface area contributed by atoms with Gasteiger partial charge in [0.2, 0.25) is 0 Å². The summed E-state index contributed by atoms with van der Waals surface area (Å²) in [4.78, 5) is 5.60. The van der Waals surface area contributed by atoms with Crippen molar-refractivity contribution in [2.24, 2.45) is 0 Å². The third-order valence-electron chi connectivity index (χ3n) is 5.15. The van der Waals surface area contributed by atoms with Crippen molar-refractivity contribution in [3.8, 4) is 0 Å². The lowest BCUT2D eigenvalue weighted by Gasteiger charge is -2.34. The first kappa shape index (κ1) is 18.8. The average molecular weight is 418 g/mol. The number of halogens is 2. The molecule has 1 saturated heterocycles. The molecule has 0 N–H and O–H groups in total. The van der Waals surface area contributed by atoms with Crippen molar-refractivity contribution in [2.75, 3.05) is 33.2 Å². The molecule has 0 amide bonds. The summed E-state index contributed by atoms with van der Waals surface area (Å²) in [5.74, 6) is 0. The van der Waals surface area contributed by atoms with E-state index < -0.39 is 0 Å². The van der Waals surface area contributed by atoms with Gasteiger partial charge in [0.05, 0.1) is 10.0 Å². The molecular weight excluding hydrogens is 397 g/mol. The zero-order valence-corrected chi connectivity index (χ0v) is 17.5. The van der Waals surface area contributed by atoms with Crippen LogP contribution in [-0.2, 0) is 6.54 Å². The van der Waals surface area contributed by atoms with Gasteiger partial charge in [-0.15, -0.1) is 0 Å². The Bertz CT molecular complexity index is 990. The van der Waals surface area contributed by atoms with Crippen LogP contribution in [0.25, 0.3) is 10.9 Å². The first-order valence-corrected chi connectivity index (χ1v) is 10.2. The Morgan fingerprint density at radius 2 is 1.74 bits per heavy atom. The second-order valence-electron chi connectivity index (χ2n) is 7.03. The minimum absolute atomic E-state index is 0.578. The van der Waals surface area contributed by atoms with Crippen molar-refractivity contribution in [1.29, 1.82) is 0 Å². The van der Waals surface area contributed by atoms with Crippen molar-refractivity contribution in [3.05, 3.63) is 69.8 Å². The molecule has 1 aliphatic heterocycles. The van der Waals surface area contributed by atoms with Crippen molar-refractivity contribution in [1.82, 2.24) is 14.4 Å². The van der Waals surface area contributed by atoms with Gasteiger partial charge in [-0.2, -0.15) is 0 Å². The highest BCUT2D eigenvalue weighted by atomic mass is 35.5. The number of hydrogen-bond acceptors (Lipinski definition) is 2. The van der Waals surface area contributed by atoms with Crippen molar-refractivity contribution in [3.63, 3.8) is 0 Å². The van der Waals surface area contributed by atoms with Gasteiger partial charge in [0.25, 0.3) is 0 Å². The summed E-state index contributed by atoms with van der Waals surface area (Å²) in [6, 6.07) is 14.2. The lowest BCUT2D eigenvalue weighted by atomic mass is 10.1. The molecule has 3 aromatic rings. The Hall–Kier alpha value is -1.59. The molecule has 4 rings (SSSR count). The van der Waals surface area contributed by atoms with Crippen LogP contribution in [0, 0.1) is 0 Å². The molecule has 3 nitrogen and oxygen atoms in total. The molecule has 0 atom stereocenters. The molecule has 2 aromatic carbocycles. The van der Waals surface area contributed by atoms with Crippen molar-refractivity contribution < 1.29 is 0 Å². The van der Waals surface area contributed by atoms with E-state index in [1.165, 1.54) is 10.9 Å². The molecule has 1 aliphatic rings. The van der Waals surface area contributed by atoms with Crippen LogP contribution >= 0.6 is 35.4 Å². The van der Waals surface area contributed by atoms with Gasteiger partial charge < -0.3 is 14.4 Å². The van der Waals surface area contributed by atoms with Gasteiger partial charge in [0.15, 0.2) is 0 Å². The number of hydrogen-bond donors (Lipinski definition) is 0. The second kappa shape index (κ2) is 7.80. The summed E-state index contributed by atoms with van der Waals surface area (Å²) in [5, 5.41) is 2.36. The van der Waals surface area contributed by atoms with Crippen LogP contribution < -0.4 is 0 Å². The van der Waals surface area contributed by atoms with Gasteiger partial charge in [-0.1, -0.05) is 59.7 Å². The Kier molecular flexibility index (Phi) is 5.42. The highest BCUT2D eigenvalue weighted by Crippen LogP contribution is 2.27. The molecule has 0 spiro atoms. The smallest absolute Gasteiger partial charge is 0.111 e. The highest BCUT2D eigenvalue weighted by molar-refractivity contribution is 7.80. The lowest BCUT2D eigenvalue weighted by molar-refractivity contribution is 0.218. The van der Waals surface area contributed by atoms with Gasteiger partial charge >= 0.3 is 0 Å². The molecule has 1 fully saturated rings. The van der Waals surface area contributed by atoms with Crippen LogP contribution in [-0.4, -0.2) is 52.6 Å². The van der Waals surface area contributed by atoms with E-state index in [2.05, 4.69) is 51.9 Å². The number of para-hydroxylation sites is 1. The molecular formula is C21H21Cl2N3S. The lowest BCUT2D eigenvalue weighted by Crippen LogP contribution is -2.46. The Morgan fingerprint density at radius 3 is 2.48 bits per heavy atom. The topological polar surface area (TPSA) is 11.4 Å². The van der Waals surface area contributed by atoms with Gasteiger partial charge in [-0.05, 0) is 30.8 Å². The average Bonchev–Trinajstić information content (AvgIpc) is 3.03. The summed E-state index contributed by atoms with van der Waals surface area (Å²) < 4.78 is 2.24. The third kappa shape index (κ3) is 3.85. The highest BCUT2D eigenvalue weighted by Gasteiger charge is 2.20. The number of nitrogens with zero attached hydrogens (tertiary/aromatic N) is 3. The van der Waals surface area contributed by atoms with Crippen molar-refractivity contribution >= 4 is 51.3 Å². The van der Waals surface area contributed by atoms with E-state index in [1.807, 2.05) is 18.2 Å². The number of likely N-dealkylation sites (N-methyl/N-ethyl adjacent to an activating group) is 1. The predicted molar refractivity (Wildman–Crippen MR) is 118 cm³/mol. The van der Waals surface area contributed by atoms with Crippen LogP contribution in [0.3, 0.4) is 0 Å². The standard InChI is InChI=1S/C21H21Cl2N3S/c1-24-8-10-25(11-9-24)21(27)17-14-26(20-5-3-2-4-16(17)20)13-15-6-7-18(22)19(23)12-15/h2-7,12,14H,8-11,13H2,1H3. The summed E-state index contributed by atoms with van der Waals surface area (Å²) in [6.45, 7) is 4.76. The molecule has 6 heteroatoms. The number of fused-ring (bicyclic) bond motifs is 1. The first-order chi connectivity index (χ1) is 13.0. The molecule has 0 unspecified atom stereocenters. The van der Waals surface area contributed by atoms with Crippen LogP contribution in [0.5, 0.6) is 0 Å². The molecule has 2 heterocycles. The van der Waals surface area contributed by atoms with E-state index in [0.29, 0.717) is 10.0 Å². The minimum atomic E-state index is 0.578. The van der Waals surface area contributed by atoms with Crippen LogP contribution in [0.4, 0.5) is 0 Å². The van der Waals surface area contributed by atoms with E-state index in [0.717, 1.165) is 48.8 Å². The molecule has 0 bridgehead atoms. The van der Waals surface area contributed by atoms with E-state index >= 15 is 0 Å². The zero-order valence-electron chi connectivity index (χ0n) is 15.2. The number of aromatic nitrogens is 1. The van der Waals surface area contributed by atoms with Gasteiger partial charge in [-0.25, -0.2) is 0 Å². The van der Waals surface area contributed by atoms with E-state index in [4.69, 9.17) is 35.4 Å². The zero-order chi connectivity index (χ0) is 19.0. The molecule has 0 aliphatic carbocycles. The summed E-state index contributed by atoms with van der Waals surface area (Å²) in [5.41, 5.74) is 3.42. The fourth-order valence-corrected chi connectivity index (χ4v) is 4.23. The monoisotopic (exact) mass is 417 g/mol. The molecule has 0 radical (unpaired) electrons.